The minimum absolute atomic E-state index is 0.0105. The molecule has 3 rings (SSSR count). The SMILES string of the molecule is COc1cc([C@H]2NC(=O)NC(C)=C2C(=O)OCC2CCCCC2)ccc1O. The number of hydrogen-bond donors (Lipinski definition) is 3. The Bertz CT molecular complexity index is 753. The van der Waals surface area contributed by atoms with Crippen LogP contribution in [0, 0.1) is 5.92 Å². The van der Waals surface area contributed by atoms with Gasteiger partial charge in [-0.15, -0.1) is 0 Å². The van der Waals surface area contributed by atoms with E-state index in [1.54, 1.807) is 19.1 Å². The van der Waals surface area contributed by atoms with Crippen LogP contribution in [0.2, 0.25) is 0 Å². The smallest absolute Gasteiger partial charge is 0.338 e. The fourth-order valence-corrected chi connectivity index (χ4v) is 3.71. The van der Waals surface area contributed by atoms with Gasteiger partial charge in [0.15, 0.2) is 11.5 Å². The molecule has 0 spiro atoms. The first-order valence-electron chi connectivity index (χ1n) is 9.32. The predicted molar refractivity (Wildman–Crippen MR) is 99.3 cm³/mol. The van der Waals surface area contributed by atoms with Gasteiger partial charge in [0, 0.05) is 5.70 Å². The molecular weight excluding hydrogens is 348 g/mol. The Morgan fingerprint density at radius 2 is 2.00 bits per heavy atom. The topological polar surface area (TPSA) is 96.9 Å². The Morgan fingerprint density at radius 3 is 2.70 bits per heavy atom. The molecule has 1 aromatic carbocycles. The lowest BCUT2D eigenvalue weighted by Crippen LogP contribution is -2.45. The number of rotatable bonds is 5. The number of urea groups is 1. The fourth-order valence-electron chi connectivity index (χ4n) is 3.71. The van der Waals surface area contributed by atoms with Crippen molar-refractivity contribution in [1.82, 2.24) is 10.6 Å². The first-order valence-corrected chi connectivity index (χ1v) is 9.32. The predicted octanol–water partition coefficient (Wildman–Crippen LogP) is 3.15. The third-order valence-electron chi connectivity index (χ3n) is 5.20. The molecule has 146 valence electrons. The molecule has 1 aliphatic heterocycles. The van der Waals surface area contributed by atoms with Crippen molar-refractivity contribution < 1.29 is 24.2 Å². The molecule has 1 saturated carbocycles. The summed E-state index contributed by atoms with van der Waals surface area (Å²) < 4.78 is 10.7. The Hall–Kier alpha value is -2.70. The molecule has 0 bridgehead atoms. The van der Waals surface area contributed by atoms with Gasteiger partial charge in [0.2, 0.25) is 0 Å². The van der Waals surface area contributed by atoms with Crippen LogP contribution in [0.4, 0.5) is 4.79 Å². The average molecular weight is 374 g/mol. The van der Waals surface area contributed by atoms with E-state index < -0.39 is 18.0 Å². The molecular formula is C20H26N2O5. The Balaban J connectivity index is 1.82. The van der Waals surface area contributed by atoms with Crippen LogP contribution in [0.25, 0.3) is 0 Å². The number of nitrogens with one attached hydrogen (secondary N) is 2. The van der Waals surface area contributed by atoms with Crippen LogP contribution in [0.5, 0.6) is 11.5 Å². The van der Waals surface area contributed by atoms with Crippen molar-refractivity contribution in [2.45, 2.75) is 45.1 Å². The number of amides is 2. The summed E-state index contributed by atoms with van der Waals surface area (Å²) in [6, 6.07) is 3.66. The van der Waals surface area contributed by atoms with Gasteiger partial charge >= 0.3 is 12.0 Å². The maximum atomic E-state index is 12.8. The molecule has 7 heteroatoms. The van der Waals surface area contributed by atoms with Crippen LogP contribution in [-0.4, -0.2) is 30.8 Å². The molecule has 2 aliphatic rings. The molecule has 0 saturated heterocycles. The first kappa shape index (κ1) is 19.1. The molecule has 0 aromatic heterocycles. The van der Waals surface area contributed by atoms with Crippen LogP contribution in [0.3, 0.4) is 0 Å². The standard InChI is InChI=1S/C20H26N2O5/c1-12-17(19(24)27-11-13-6-4-3-5-7-13)18(22-20(25)21-12)14-8-9-15(23)16(10-14)26-2/h8-10,13,18,23H,3-7,11H2,1-2H3,(H2,21,22,25)/t18-/m1/s1. The van der Waals surface area contributed by atoms with Crippen molar-refractivity contribution >= 4 is 12.0 Å². The van der Waals surface area contributed by atoms with Crippen LogP contribution >= 0.6 is 0 Å². The van der Waals surface area contributed by atoms with E-state index in [4.69, 9.17) is 9.47 Å². The molecule has 7 nitrogen and oxygen atoms in total. The minimum atomic E-state index is -0.674. The van der Waals surface area contributed by atoms with E-state index in [2.05, 4.69) is 10.6 Å². The number of aromatic hydroxyl groups is 1. The number of phenolic OH excluding ortho intramolecular Hbond substituents is 1. The van der Waals surface area contributed by atoms with Crippen molar-refractivity contribution in [2.75, 3.05) is 13.7 Å². The van der Waals surface area contributed by atoms with E-state index in [9.17, 15) is 14.7 Å². The Kier molecular flexibility index (Phi) is 5.88. The number of methoxy groups -OCH3 is 1. The van der Waals surface area contributed by atoms with E-state index in [0.717, 1.165) is 12.8 Å². The first-order chi connectivity index (χ1) is 13.0. The minimum Gasteiger partial charge on any atom is -0.504 e. The fraction of sp³-hybridized carbons (Fsp3) is 0.500. The van der Waals surface area contributed by atoms with E-state index in [1.807, 2.05) is 0 Å². The van der Waals surface area contributed by atoms with Gasteiger partial charge in [-0.25, -0.2) is 9.59 Å². The van der Waals surface area contributed by atoms with Gasteiger partial charge in [-0.3, -0.25) is 0 Å². The number of esters is 1. The summed E-state index contributed by atoms with van der Waals surface area (Å²) in [5.74, 6) is 0.223. The highest BCUT2D eigenvalue weighted by molar-refractivity contribution is 5.95. The zero-order chi connectivity index (χ0) is 19.4. The lowest BCUT2D eigenvalue weighted by atomic mass is 9.90. The van der Waals surface area contributed by atoms with Crippen LogP contribution < -0.4 is 15.4 Å². The van der Waals surface area contributed by atoms with Gasteiger partial charge in [0.05, 0.1) is 25.3 Å². The maximum absolute atomic E-state index is 12.8. The number of carbonyl (C=O) groups excluding carboxylic acids is 2. The maximum Gasteiger partial charge on any atom is 0.338 e. The largest absolute Gasteiger partial charge is 0.504 e. The third-order valence-corrected chi connectivity index (χ3v) is 5.20. The zero-order valence-electron chi connectivity index (χ0n) is 15.7. The summed E-state index contributed by atoms with van der Waals surface area (Å²) in [6.07, 6.45) is 5.77. The number of phenols is 1. The monoisotopic (exact) mass is 374 g/mol. The van der Waals surface area contributed by atoms with Crippen molar-refractivity contribution in [1.29, 1.82) is 0 Å². The number of ether oxygens (including phenoxy) is 2. The molecule has 1 atom stereocenters. The van der Waals surface area contributed by atoms with Crippen LogP contribution in [0.15, 0.2) is 29.5 Å². The third kappa shape index (κ3) is 4.35. The van der Waals surface area contributed by atoms with Crippen LogP contribution in [0.1, 0.15) is 50.6 Å². The number of benzene rings is 1. The molecule has 27 heavy (non-hydrogen) atoms. The van der Waals surface area contributed by atoms with E-state index >= 15 is 0 Å². The number of carbonyl (C=O) groups is 2. The lowest BCUT2D eigenvalue weighted by molar-refractivity contribution is -0.141. The normalized spacial score (nSPS) is 20.7. The van der Waals surface area contributed by atoms with E-state index in [0.29, 0.717) is 29.4 Å². The molecule has 0 radical (unpaired) electrons. The summed E-state index contributed by atoms with van der Waals surface area (Å²) >= 11 is 0. The molecule has 1 aliphatic carbocycles. The van der Waals surface area contributed by atoms with Gasteiger partial charge in [-0.1, -0.05) is 25.3 Å². The second-order valence-electron chi connectivity index (χ2n) is 7.10. The van der Waals surface area contributed by atoms with Gasteiger partial charge in [-0.05, 0) is 43.4 Å². The summed E-state index contributed by atoms with van der Waals surface area (Å²) in [5, 5.41) is 15.2. The average Bonchev–Trinajstić information content (AvgIpc) is 2.66. The van der Waals surface area contributed by atoms with Gasteiger partial charge in [0.1, 0.15) is 0 Å². The summed E-state index contributed by atoms with van der Waals surface area (Å²) in [7, 11) is 1.44. The molecule has 1 fully saturated rings. The van der Waals surface area contributed by atoms with Crippen molar-refractivity contribution in [3.05, 3.63) is 35.0 Å². The van der Waals surface area contributed by atoms with Crippen molar-refractivity contribution in [3.63, 3.8) is 0 Å². The molecule has 3 N–H and O–H groups in total. The molecule has 1 heterocycles. The van der Waals surface area contributed by atoms with E-state index in [-0.39, 0.29) is 11.5 Å². The van der Waals surface area contributed by atoms with Crippen LogP contribution in [-0.2, 0) is 9.53 Å². The Labute approximate surface area is 158 Å². The van der Waals surface area contributed by atoms with Crippen molar-refractivity contribution in [2.24, 2.45) is 5.92 Å². The lowest BCUT2D eigenvalue weighted by Gasteiger charge is -2.29. The highest BCUT2D eigenvalue weighted by Gasteiger charge is 2.33. The molecule has 2 amide bonds. The number of hydrogen-bond acceptors (Lipinski definition) is 5. The summed E-state index contributed by atoms with van der Waals surface area (Å²) in [6.45, 7) is 2.08. The van der Waals surface area contributed by atoms with Crippen molar-refractivity contribution in [3.8, 4) is 11.5 Å². The molecule has 1 aromatic rings. The van der Waals surface area contributed by atoms with Gasteiger partial charge in [-0.2, -0.15) is 0 Å². The quantitative estimate of drug-likeness (QED) is 0.688. The Morgan fingerprint density at radius 1 is 1.26 bits per heavy atom. The highest BCUT2D eigenvalue weighted by atomic mass is 16.5. The zero-order valence-corrected chi connectivity index (χ0v) is 15.7. The highest BCUT2D eigenvalue weighted by Crippen LogP contribution is 2.34. The van der Waals surface area contributed by atoms with E-state index in [1.165, 1.54) is 32.4 Å². The molecule has 0 unspecified atom stereocenters. The second-order valence-corrected chi connectivity index (χ2v) is 7.10. The number of allylic oxidation sites excluding steroid dienone is 1. The summed E-state index contributed by atoms with van der Waals surface area (Å²) in [4.78, 5) is 24.8. The second kappa shape index (κ2) is 8.33. The van der Waals surface area contributed by atoms with Gasteiger partial charge < -0.3 is 25.2 Å². The van der Waals surface area contributed by atoms with Gasteiger partial charge in [0.25, 0.3) is 0 Å². The summed E-state index contributed by atoms with van der Waals surface area (Å²) in [5.41, 5.74) is 1.45.